The van der Waals surface area contributed by atoms with Crippen LogP contribution in [0.2, 0.25) is 0 Å². The molecular formula is C23H22N2O4. The van der Waals surface area contributed by atoms with Crippen molar-refractivity contribution in [1.82, 2.24) is 4.57 Å². The zero-order chi connectivity index (χ0) is 20.4. The van der Waals surface area contributed by atoms with E-state index in [1.807, 2.05) is 22.8 Å². The molecule has 2 heterocycles. The quantitative estimate of drug-likeness (QED) is 0.511. The van der Waals surface area contributed by atoms with Gasteiger partial charge in [0, 0.05) is 30.4 Å². The number of carbonyl (C=O) groups excluding carboxylic acids is 1. The Bertz CT molecular complexity index is 1170. The van der Waals surface area contributed by atoms with Crippen molar-refractivity contribution in [1.29, 1.82) is 0 Å². The van der Waals surface area contributed by atoms with E-state index in [2.05, 4.69) is 24.4 Å². The lowest BCUT2D eigenvalue weighted by molar-refractivity contribution is 0.101. The number of anilines is 1. The average molecular weight is 390 g/mol. The van der Waals surface area contributed by atoms with Crippen LogP contribution in [0.15, 0.2) is 65.3 Å². The number of hydrogen-bond donors (Lipinski definition) is 1. The van der Waals surface area contributed by atoms with Crippen molar-refractivity contribution in [3.63, 3.8) is 0 Å². The molecule has 0 aliphatic carbocycles. The van der Waals surface area contributed by atoms with Crippen molar-refractivity contribution < 1.29 is 18.7 Å². The Labute approximate surface area is 168 Å². The van der Waals surface area contributed by atoms with E-state index in [0.29, 0.717) is 35.0 Å². The standard InChI is InChI=1S/C23H22N2O4/c1-15-6-4-5-7-16(15)14-25-18-10-11-29-21(18)13-19(25)23(26)24-17-8-9-20(27-2)22(12-17)28-3/h4-13H,14H2,1-3H3,(H,24,26). The number of ether oxygens (including phenoxy) is 2. The van der Waals surface area contributed by atoms with E-state index in [0.717, 1.165) is 11.1 Å². The second kappa shape index (κ2) is 7.75. The highest BCUT2D eigenvalue weighted by Crippen LogP contribution is 2.30. The summed E-state index contributed by atoms with van der Waals surface area (Å²) < 4.78 is 18.1. The van der Waals surface area contributed by atoms with E-state index in [1.54, 1.807) is 44.7 Å². The number of furan rings is 1. The Kier molecular flexibility index (Phi) is 4.99. The lowest BCUT2D eigenvalue weighted by atomic mass is 10.1. The maximum Gasteiger partial charge on any atom is 0.272 e. The number of nitrogens with zero attached hydrogens (tertiary/aromatic N) is 1. The van der Waals surface area contributed by atoms with Gasteiger partial charge in [-0.3, -0.25) is 4.79 Å². The molecule has 0 saturated carbocycles. The number of nitrogens with one attached hydrogen (secondary N) is 1. The Morgan fingerprint density at radius 3 is 2.59 bits per heavy atom. The van der Waals surface area contributed by atoms with Crippen LogP contribution in [0.3, 0.4) is 0 Å². The number of carbonyl (C=O) groups is 1. The third kappa shape index (κ3) is 3.57. The molecule has 0 bridgehead atoms. The van der Waals surface area contributed by atoms with Crippen LogP contribution < -0.4 is 14.8 Å². The molecule has 6 nitrogen and oxygen atoms in total. The minimum absolute atomic E-state index is 0.225. The number of amides is 1. The molecule has 1 amide bonds. The van der Waals surface area contributed by atoms with Crippen molar-refractivity contribution in [2.45, 2.75) is 13.5 Å². The first-order chi connectivity index (χ1) is 14.1. The third-order valence-corrected chi connectivity index (χ3v) is 4.99. The van der Waals surface area contributed by atoms with Crippen molar-refractivity contribution in [2.24, 2.45) is 0 Å². The fraction of sp³-hybridized carbons (Fsp3) is 0.174. The normalized spacial score (nSPS) is 10.9. The molecule has 4 rings (SSSR count). The molecule has 4 aromatic rings. The lowest BCUT2D eigenvalue weighted by Gasteiger charge is -2.13. The molecule has 0 fully saturated rings. The van der Waals surface area contributed by atoms with E-state index in [9.17, 15) is 4.79 Å². The highest BCUT2D eigenvalue weighted by atomic mass is 16.5. The van der Waals surface area contributed by atoms with Gasteiger partial charge in [-0.05, 0) is 30.2 Å². The van der Waals surface area contributed by atoms with Gasteiger partial charge in [0.05, 0.1) is 26.0 Å². The number of aryl methyl sites for hydroxylation is 1. The van der Waals surface area contributed by atoms with Gasteiger partial charge in [-0.25, -0.2) is 0 Å². The van der Waals surface area contributed by atoms with Gasteiger partial charge in [-0.1, -0.05) is 24.3 Å². The second-order valence-corrected chi connectivity index (χ2v) is 6.74. The van der Waals surface area contributed by atoms with Crippen molar-refractivity contribution in [3.8, 4) is 11.5 Å². The Balaban J connectivity index is 1.68. The van der Waals surface area contributed by atoms with E-state index in [4.69, 9.17) is 13.9 Å². The first-order valence-corrected chi connectivity index (χ1v) is 9.25. The monoisotopic (exact) mass is 390 g/mol. The summed E-state index contributed by atoms with van der Waals surface area (Å²) in [6.07, 6.45) is 1.63. The first kappa shape index (κ1) is 18.7. The van der Waals surface area contributed by atoms with E-state index < -0.39 is 0 Å². The van der Waals surface area contributed by atoms with Gasteiger partial charge < -0.3 is 23.8 Å². The number of methoxy groups -OCH3 is 2. The van der Waals surface area contributed by atoms with Crippen LogP contribution in [-0.2, 0) is 6.54 Å². The largest absolute Gasteiger partial charge is 0.493 e. The molecular weight excluding hydrogens is 368 g/mol. The topological polar surface area (TPSA) is 65.6 Å². The van der Waals surface area contributed by atoms with Gasteiger partial charge in [-0.15, -0.1) is 0 Å². The van der Waals surface area contributed by atoms with Gasteiger partial charge in [0.1, 0.15) is 5.69 Å². The summed E-state index contributed by atoms with van der Waals surface area (Å²) in [5, 5.41) is 2.94. The van der Waals surface area contributed by atoms with Gasteiger partial charge in [-0.2, -0.15) is 0 Å². The van der Waals surface area contributed by atoms with Crippen LogP contribution in [0.5, 0.6) is 11.5 Å². The zero-order valence-corrected chi connectivity index (χ0v) is 16.6. The maximum atomic E-state index is 13.1. The molecule has 2 aromatic carbocycles. The summed E-state index contributed by atoms with van der Waals surface area (Å²) in [4.78, 5) is 13.1. The first-order valence-electron chi connectivity index (χ1n) is 9.25. The summed E-state index contributed by atoms with van der Waals surface area (Å²) in [5.41, 5.74) is 5.02. The fourth-order valence-corrected chi connectivity index (χ4v) is 3.40. The fourth-order valence-electron chi connectivity index (χ4n) is 3.40. The number of rotatable bonds is 6. The van der Waals surface area contributed by atoms with Gasteiger partial charge >= 0.3 is 0 Å². The molecule has 0 unspecified atom stereocenters. The number of benzene rings is 2. The van der Waals surface area contributed by atoms with Crippen LogP contribution in [0.25, 0.3) is 11.1 Å². The van der Waals surface area contributed by atoms with Gasteiger partial charge in [0.25, 0.3) is 5.91 Å². The van der Waals surface area contributed by atoms with E-state index in [-0.39, 0.29) is 5.91 Å². The summed E-state index contributed by atoms with van der Waals surface area (Å²) in [6, 6.07) is 17.0. The zero-order valence-electron chi connectivity index (χ0n) is 16.6. The summed E-state index contributed by atoms with van der Waals surface area (Å²) in [5.74, 6) is 0.928. The lowest BCUT2D eigenvalue weighted by Crippen LogP contribution is -2.17. The van der Waals surface area contributed by atoms with Crippen molar-refractivity contribution in [3.05, 3.63) is 77.7 Å². The summed E-state index contributed by atoms with van der Waals surface area (Å²) in [6.45, 7) is 2.64. The molecule has 2 aromatic heterocycles. The van der Waals surface area contributed by atoms with Gasteiger partial charge in [0.2, 0.25) is 0 Å². The SMILES string of the molecule is COc1ccc(NC(=O)c2cc3occc3n2Cc2ccccc2C)cc1OC. The smallest absolute Gasteiger partial charge is 0.272 e. The number of fused-ring (bicyclic) bond motifs is 1. The molecule has 29 heavy (non-hydrogen) atoms. The Morgan fingerprint density at radius 2 is 1.83 bits per heavy atom. The Hall–Kier alpha value is -3.67. The van der Waals surface area contributed by atoms with Crippen LogP contribution >= 0.6 is 0 Å². The third-order valence-electron chi connectivity index (χ3n) is 4.99. The highest BCUT2D eigenvalue weighted by Gasteiger charge is 2.19. The van der Waals surface area contributed by atoms with E-state index in [1.165, 1.54) is 5.56 Å². The van der Waals surface area contributed by atoms with Crippen molar-refractivity contribution >= 4 is 22.7 Å². The van der Waals surface area contributed by atoms with E-state index >= 15 is 0 Å². The molecule has 0 aliphatic heterocycles. The minimum atomic E-state index is -0.225. The maximum absolute atomic E-state index is 13.1. The average Bonchev–Trinajstić information content (AvgIpc) is 3.32. The minimum Gasteiger partial charge on any atom is -0.493 e. The molecule has 0 saturated heterocycles. The molecule has 0 radical (unpaired) electrons. The number of hydrogen-bond acceptors (Lipinski definition) is 4. The molecule has 0 spiro atoms. The molecule has 0 atom stereocenters. The van der Waals surface area contributed by atoms with Gasteiger partial charge in [0.15, 0.2) is 17.1 Å². The predicted molar refractivity (Wildman–Crippen MR) is 112 cm³/mol. The van der Waals surface area contributed by atoms with Crippen LogP contribution in [-0.4, -0.2) is 24.7 Å². The predicted octanol–water partition coefficient (Wildman–Crippen LogP) is 4.86. The summed E-state index contributed by atoms with van der Waals surface area (Å²) >= 11 is 0. The van der Waals surface area contributed by atoms with Crippen molar-refractivity contribution in [2.75, 3.05) is 19.5 Å². The molecule has 0 aliphatic rings. The number of aromatic nitrogens is 1. The molecule has 1 N–H and O–H groups in total. The summed E-state index contributed by atoms with van der Waals surface area (Å²) in [7, 11) is 3.13. The second-order valence-electron chi connectivity index (χ2n) is 6.74. The highest BCUT2D eigenvalue weighted by molar-refractivity contribution is 6.06. The Morgan fingerprint density at radius 1 is 1.03 bits per heavy atom. The van der Waals surface area contributed by atoms with Crippen LogP contribution in [0, 0.1) is 6.92 Å². The molecule has 6 heteroatoms. The van der Waals surface area contributed by atoms with Crippen LogP contribution in [0.1, 0.15) is 21.6 Å². The molecule has 148 valence electrons. The van der Waals surface area contributed by atoms with Crippen LogP contribution in [0.4, 0.5) is 5.69 Å².